The normalized spacial score (nSPS) is 12.2. The zero-order chi connectivity index (χ0) is 22.2. The van der Waals surface area contributed by atoms with Gasteiger partial charge in [0.2, 0.25) is 5.56 Å². The summed E-state index contributed by atoms with van der Waals surface area (Å²) in [6.45, 7) is 1.77. The van der Waals surface area contributed by atoms with Crippen molar-refractivity contribution < 1.29 is 9.59 Å². The monoisotopic (exact) mass is 445 g/mol. The van der Waals surface area contributed by atoms with Gasteiger partial charge in [-0.2, -0.15) is 0 Å². The minimum absolute atomic E-state index is 0.135. The third-order valence-corrected chi connectivity index (χ3v) is 6.03. The van der Waals surface area contributed by atoms with Crippen molar-refractivity contribution in [3.05, 3.63) is 81.2 Å². The molecule has 5 rings (SSSR count). The number of hydrogen-bond acceptors (Lipinski definition) is 8. The van der Waals surface area contributed by atoms with E-state index >= 15 is 0 Å². The van der Waals surface area contributed by atoms with Crippen molar-refractivity contribution in [2.45, 2.75) is 13.0 Å². The highest BCUT2D eigenvalue weighted by Gasteiger charge is 2.21. The molecular weight excluding hydrogens is 430 g/mol. The summed E-state index contributed by atoms with van der Waals surface area (Å²) in [7, 11) is 0. The molecule has 0 saturated carbocycles. The fourth-order valence-corrected chi connectivity index (χ4v) is 4.16. The number of pyridine rings is 1. The van der Waals surface area contributed by atoms with E-state index in [4.69, 9.17) is 0 Å². The van der Waals surface area contributed by atoms with Gasteiger partial charge in [-0.3, -0.25) is 19.0 Å². The van der Waals surface area contributed by atoms with Crippen molar-refractivity contribution in [3.8, 4) is 0 Å². The number of nitrogens with one attached hydrogen (secondary N) is 2. The van der Waals surface area contributed by atoms with E-state index < -0.39 is 11.9 Å². The Morgan fingerprint density at radius 2 is 1.94 bits per heavy atom. The Bertz CT molecular complexity index is 1550. The molecule has 0 aliphatic carbocycles. The summed E-state index contributed by atoms with van der Waals surface area (Å²) < 4.78 is 1.48. The van der Waals surface area contributed by atoms with Crippen molar-refractivity contribution in [2.75, 3.05) is 0 Å². The van der Waals surface area contributed by atoms with E-state index in [0.717, 1.165) is 5.52 Å². The Morgan fingerprint density at radius 1 is 1.09 bits per heavy atom. The van der Waals surface area contributed by atoms with Crippen LogP contribution in [0.5, 0.6) is 0 Å². The van der Waals surface area contributed by atoms with Gasteiger partial charge < -0.3 is 10.3 Å². The van der Waals surface area contributed by atoms with Crippen LogP contribution < -0.4 is 10.9 Å². The quantitative estimate of drug-likeness (QED) is 0.433. The molecular formula is C21H15N7O3S. The molecule has 32 heavy (non-hydrogen) atoms. The van der Waals surface area contributed by atoms with Gasteiger partial charge in [0.15, 0.2) is 0 Å². The number of hydrogen-bond donors (Lipinski definition) is 2. The number of imidazole rings is 1. The molecule has 0 spiro atoms. The number of amides is 1. The predicted octanol–water partition coefficient (Wildman–Crippen LogP) is 2.30. The number of para-hydroxylation sites is 2. The number of aromatic amines is 1. The van der Waals surface area contributed by atoms with Gasteiger partial charge in [-0.25, -0.2) is 19.9 Å². The maximum atomic E-state index is 12.9. The molecule has 158 valence electrons. The first-order valence-corrected chi connectivity index (χ1v) is 10.4. The zero-order valence-electron chi connectivity index (χ0n) is 16.6. The maximum Gasteiger partial charge on any atom is 0.275 e. The van der Waals surface area contributed by atoms with Crippen LogP contribution in [-0.2, 0) is 0 Å². The SMILES string of the molecule is C[C@@H](NC(=O)c1ncnc2[nH]c(=O)ccc12)c1ncc(C(=O)n2cnc3ccccc32)s1. The van der Waals surface area contributed by atoms with E-state index in [9.17, 15) is 14.4 Å². The Morgan fingerprint density at radius 3 is 2.81 bits per heavy atom. The number of rotatable bonds is 4. The molecule has 0 saturated heterocycles. The van der Waals surface area contributed by atoms with E-state index in [0.29, 0.717) is 20.8 Å². The molecule has 0 aliphatic heterocycles. The highest BCUT2D eigenvalue weighted by Crippen LogP contribution is 2.23. The topological polar surface area (TPSA) is 136 Å². The van der Waals surface area contributed by atoms with Gasteiger partial charge in [0.1, 0.15) is 33.9 Å². The van der Waals surface area contributed by atoms with Gasteiger partial charge in [0, 0.05) is 11.5 Å². The fraction of sp³-hybridized carbons (Fsp3) is 0.0952. The number of benzene rings is 1. The van der Waals surface area contributed by atoms with Crippen LogP contribution in [0.2, 0.25) is 0 Å². The lowest BCUT2D eigenvalue weighted by atomic mass is 10.2. The maximum absolute atomic E-state index is 12.9. The predicted molar refractivity (Wildman–Crippen MR) is 118 cm³/mol. The molecule has 0 fully saturated rings. The number of carbonyl (C=O) groups is 2. The van der Waals surface area contributed by atoms with Crippen LogP contribution in [0.25, 0.3) is 22.1 Å². The van der Waals surface area contributed by atoms with Gasteiger partial charge in [-0.1, -0.05) is 12.1 Å². The van der Waals surface area contributed by atoms with Crippen molar-refractivity contribution in [1.29, 1.82) is 0 Å². The third-order valence-electron chi connectivity index (χ3n) is 4.87. The van der Waals surface area contributed by atoms with E-state index in [1.54, 1.807) is 6.92 Å². The molecule has 1 atom stereocenters. The van der Waals surface area contributed by atoms with Crippen LogP contribution in [0.15, 0.2) is 60.0 Å². The number of nitrogens with zero attached hydrogens (tertiary/aromatic N) is 5. The molecule has 4 aromatic heterocycles. The van der Waals surface area contributed by atoms with Gasteiger partial charge in [-0.15, -0.1) is 11.3 Å². The van der Waals surface area contributed by atoms with E-state index in [1.807, 2.05) is 24.3 Å². The molecule has 1 aromatic carbocycles. The summed E-state index contributed by atoms with van der Waals surface area (Å²) in [5.41, 5.74) is 1.53. The van der Waals surface area contributed by atoms with Gasteiger partial charge >= 0.3 is 0 Å². The standard InChI is InChI=1S/C21H15N7O3S/c1-11(26-19(30)17-12-6-7-16(29)27-18(12)24-9-23-17)20-22-8-15(32-20)21(31)28-10-25-13-4-2-3-5-14(13)28/h2-11H,1H3,(H,26,30)(H,23,24,27,29)/t11-/m1/s1. The highest BCUT2D eigenvalue weighted by atomic mass is 32.1. The highest BCUT2D eigenvalue weighted by molar-refractivity contribution is 7.13. The summed E-state index contributed by atoms with van der Waals surface area (Å²) in [5.74, 6) is -0.688. The molecule has 4 heterocycles. The molecule has 10 nitrogen and oxygen atoms in total. The van der Waals surface area contributed by atoms with Crippen molar-refractivity contribution in [2.24, 2.45) is 0 Å². The summed E-state index contributed by atoms with van der Waals surface area (Å²) >= 11 is 1.19. The molecule has 11 heteroatoms. The van der Waals surface area contributed by atoms with Crippen LogP contribution in [0.4, 0.5) is 0 Å². The van der Waals surface area contributed by atoms with Crippen molar-refractivity contribution >= 4 is 45.2 Å². The summed E-state index contributed by atoms with van der Waals surface area (Å²) in [6, 6.07) is 9.70. The van der Waals surface area contributed by atoms with E-state index in [-0.39, 0.29) is 22.8 Å². The molecule has 0 aliphatic rings. The van der Waals surface area contributed by atoms with E-state index in [1.165, 1.54) is 46.9 Å². The average Bonchev–Trinajstić information content (AvgIpc) is 3.46. The number of H-pyrrole nitrogens is 1. The van der Waals surface area contributed by atoms with Gasteiger partial charge in [0.05, 0.1) is 23.3 Å². The number of thiazole rings is 1. The Kier molecular flexibility index (Phi) is 4.79. The second-order valence-corrected chi connectivity index (χ2v) is 8.04. The number of carbonyl (C=O) groups excluding carboxylic acids is 2. The van der Waals surface area contributed by atoms with E-state index in [2.05, 4.69) is 30.2 Å². The first-order chi connectivity index (χ1) is 15.5. The van der Waals surface area contributed by atoms with Crippen LogP contribution in [0.3, 0.4) is 0 Å². The second kappa shape index (κ2) is 7.78. The lowest BCUT2D eigenvalue weighted by molar-refractivity contribution is 0.0934. The van der Waals surface area contributed by atoms with Crippen LogP contribution >= 0.6 is 11.3 Å². The summed E-state index contributed by atoms with van der Waals surface area (Å²) in [5, 5.41) is 3.83. The Labute approximate surface area is 184 Å². The lowest BCUT2D eigenvalue weighted by Crippen LogP contribution is -2.27. The summed E-state index contributed by atoms with van der Waals surface area (Å²) in [6.07, 6.45) is 4.19. The average molecular weight is 445 g/mol. The molecule has 2 N–H and O–H groups in total. The molecule has 5 aromatic rings. The summed E-state index contributed by atoms with van der Waals surface area (Å²) in [4.78, 5) is 56.8. The minimum atomic E-state index is -0.471. The zero-order valence-corrected chi connectivity index (χ0v) is 17.5. The van der Waals surface area contributed by atoms with Crippen LogP contribution in [0.1, 0.15) is 38.1 Å². The van der Waals surface area contributed by atoms with Gasteiger partial charge in [0.25, 0.3) is 11.8 Å². The number of aromatic nitrogens is 6. The minimum Gasteiger partial charge on any atom is -0.342 e. The molecule has 0 unspecified atom stereocenters. The Hall–Kier alpha value is -4.25. The number of fused-ring (bicyclic) bond motifs is 2. The van der Waals surface area contributed by atoms with Crippen LogP contribution in [-0.4, -0.2) is 41.3 Å². The van der Waals surface area contributed by atoms with Crippen molar-refractivity contribution in [1.82, 2.24) is 34.8 Å². The smallest absolute Gasteiger partial charge is 0.275 e. The van der Waals surface area contributed by atoms with Crippen LogP contribution in [0, 0.1) is 0 Å². The first kappa shape index (κ1) is 19.7. The first-order valence-electron chi connectivity index (χ1n) is 9.58. The van der Waals surface area contributed by atoms with Gasteiger partial charge in [-0.05, 0) is 25.1 Å². The lowest BCUT2D eigenvalue weighted by Gasteiger charge is -2.11. The second-order valence-electron chi connectivity index (χ2n) is 6.97. The largest absolute Gasteiger partial charge is 0.342 e. The molecule has 1 amide bonds. The molecule has 0 bridgehead atoms. The third kappa shape index (κ3) is 3.44. The molecule has 0 radical (unpaired) electrons. The Balaban J connectivity index is 1.37. The van der Waals surface area contributed by atoms with Crippen molar-refractivity contribution in [3.63, 3.8) is 0 Å². The fourth-order valence-electron chi connectivity index (χ4n) is 3.30.